The predicted octanol–water partition coefficient (Wildman–Crippen LogP) is 4.04. The van der Waals surface area contributed by atoms with E-state index in [-0.39, 0.29) is 35.2 Å². The summed E-state index contributed by atoms with van der Waals surface area (Å²) in [5.74, 6) is -0.604. The summed E-state index contributed by atoms with van der Waals surface area (Å²) < 4.78 is 37.2. The molecule has 140 valence electrons. The third kappa shape index (κ3) is 5.80. The van der Waals surface area contributed by atoms with E-state index in [1.54, 1.807) is 12.1 Å². The molecule has 0 fully saturated rings. The van der Waals surface area contributed by atoms with Crippen LogP contribution in [0.1, 0.15) is 43.2 Å². The molecule has 0 spiro atoms. The van der Waals surface area contributed by atoms with Crippen molar-refractivity contribution in [2.24, 2.45) is 0 Å². The number of amides is 2. The molecular formula is C16H17F3N4O2S. The second-order valence-electron chi connectivity index (χ2n) is 5.78. The van der Waals surface area contributed by atoms with Crippen molar-refractivity contribution in [1.29, 1.82) is 0 Å². The first-order valence-electron chi connectivity index (χ1n) is 7.75. The second kappa shape index (κ2) is 8.26. The fourth-order valence-electron chi connectivity index (χ4n) is 1.97. The number of nitrogens with one attached hydrogen (secondary N) is 2. The topological polar surface area (TPSA) is 84.0 Å². The molecule has 6 nitrogen and oxygen atoms in total. The Balaban J connectivity index is 1.79. The Morgan fingerprint density at radius 1 is 1.04 bits per heavy atom. The van der Waals surface area contributed by atoms with E-state index >= 15 is 0 Å². The van der Waals surface area contributed by atoms with Gasteiger partial charge in [0.05, 0.1) is 0 Å². The summed E-state index contributed by atoms with van der Waals surface area (Å²) in [5.41, 5.74) is 1.75. The van der Waals surface area contributed by atoms with Crippen molar-refractivity contribution in [3.05, 3.63) is 34.8 Å². The molecule has 10 heteroatoms. The lowest BCUT2D eigenvalue weighted by Crippen LogP contribution is -2.17. The number of hydrogen-bond donors (Lipinski definition) is 2. The lowest BCUT2D eigenvalue weighted by Gasteiger charge is -2.08. The normalized spacial score (nSPS) is 11.5. The molecule has 1 aromatic heterocycles. The summed E-state index contributed by atoms with van der Waals surface area (Å²) in [7, 11) is 0. The van der Waals surface area contributed by atoms with Gasteiger partial charge in [-0.25, -0.2) is 0 Å². The molecule has 2 amide bonds. The number of anilines is 2. The molecule has 1 heterocycles. The number of carbonyl (C=O) groups is 2. The highest BCUT2D eigenvalue weighted by atomic mass is 32.1. The number of hydrogen-bond acceptors (Lipinski definition) is 5. The van der Waals surface area contributed by atoms with Gasteiger partial charge in [0.15, 0.2) is 0 Å². The van der Waals surface area contributed by atoms with Gasteiger partial charge in [-0.05, 0) is 23.6 Å². The highest BCUT2D eigenvalue weighted by Crippen LogP contribution is 2.33. The Bertz CT molecular complexity index is 773. The fourth-order valence-corrected chi connectivity index (χ4v) is 2.60. The number of alkyl halides is 3. The largest absolute Gasteiger partial charge is 0.445 e. The van der Waals surface area contributed by atoms with Crippen LogP contribution in [0, 0.1) is 0 Å². The van der Waals surface area contributed by atoms with Crippen LogP contribution in [0.2, 0.25) is 0 Å². The molecule has 0 saturated heterocycles. The molecule has 26 heavy (non-hydrogen) atoms. The summed E-state index contributed by atoms with van der Waals surface area (Å²) >= 11 is 0.229. The zero-order valence-corrected chi connectivity index (χ0v) is 14.9. The summed E-state index contributed by atoms with van der Waals surface area (Å²) in [6.45, 7) is 4.11. The zero-order chi connectivity index (χ0) is 19.3. The van der Waals surface area contributed by atoms with Crippen LogP contribution in [0.3, 0.4) is 0 Å². The summed E-state index contributed by atoms with van der Waals surface area (Å²) in [4.78, 5) is 23.6. The minimum Gasteiger partial charge on any atom is -0.326 e. The van der Waals surface area contributed by atoms with Crippen LogP contribution in [-0.4, -0.2) is 22.0 Å². The summed E-state index contributed by atoms with van der Waals surface area (Å²) in [6, 6.07) is 7.35. The SMILES string of the molecule is CC(C)c1ccc(NC(=O)CCC(=O)Nc2nnc(C(F)(F)F)s2)cc1. The molecule has 0 aliphatic carbocycles. The summed E-state index contributed by atoms with van der Waals surface area (Å²) in [5, 5.41) is 9.67. The van der Waals surface area contributed by atoms with E-state index in [4.69, 9.17) is 0 Å². The molecule has 2 N–H and O–H groups in total. The van der Waals surface area contributed by atoms with Crippen LogP contribution >= 0.6 is 11.3 Å². The highest BCUT2D eigenvalue weighted by Gasteiger charge is 2.35. The van der Waals surface area contributed by atoms with Gasteiger partial charge in [0.25, 0.3) is 0 Å². The van der Waals surface area contributed by atoms with E-state index in [1.165, 1.54) is 0 Å². The van der Waals surface area contributed by atoms with Gasteiger partial charge >= 0.3 is 6.18 Å². The number of halogens is 3. The number of nitrogens with zero attached hydrogens (tertiary/aromatic N) is 2. The van der Waals surface area contributed by atoms with Crippen LogP contribution in [0.15, 0.2) is 24.3 Å². The van der Waals surface area contributed by atoms with Gasteiger partial charge in [-0.2, -0.15) is 13.2 Å². The number of aromatic nitrogens is 2. The van der Waals surface area contributed by atoms with Gasteiger partial charge in [-0.15, -0.1) is 10.2 Å². The predicted molar refractivity (Wildman–Crippen MR) is 91.9 cm³/mol. The highest BCUT2D eigenvalue weighted by molar-refractivity contribution is 7.15. The summed E-state index contributed by atoms with van der Waals surface area (Å²) in [6.07, 6.45) is -4.90. The third-order valence-electron chi connectivity index (χ3n) is 3.35. The Morgan fingerprint density at radius 2 is 1.62 bits per heavy atom. The molecule has 2 rings (SSSR count). The van der Waals surface area contributed by atoms with Gasteiger partial charge in [-0.3, -0.25) is 9.59 Å². The van der Waals surface area contributed by atoms with Crippen molar-refractivity contribution >= 4 is 34.0 Å². The van der Waals surface area contributed by atoms with Gasteiger partial charge in [0, 0.05) is 18.5 Å². The lowest BCUT2D eigenvalue weighted by molar-refractivity contribution is -0.138. The second-order valence-corrected chi connectivity index (χ2v) is 6.76. The van der Waals surface area contributed by atoms with Crippen LogP contribution in [0.25, 0.3) is 0 Å². The monoisotopic (exact) mass is 386 g/mol. The van der Waals surface area contributed by atoms with Crippen molar-refractivity contribution in [1.82, 2.24) is 10.2 Å². The average Bonchev–Trinajstić information content (AvgIpc) is 3.02. The number of benzene rings is 1. The van der Waals surface area contributed by atoms with E-state index in [0.717, 1.165) is 5.56 Å². The van der Waals surface area contributed by atoms with Crippen molar-refractivity contribution in [3.63, 3.8) is 0 Å². The molecule has 0 bridgehead atoms. The maximum Gasteiger partial charge on any atom is 0.445 e. The van der Waals surface area contributed by atoms with Crippen LogP contribution in [-0.2, 0) is 15.8 Å². The standard InChI is InChI=1S/C16H17F3N4O2S/c1-9(2)10-3-5-11(6-4-10)20-12(24)7-8-13(25)21-15-23-22-14(26-15)16(17,18)19/h3-6,9H,7-8H2,1-2H3,(H,20,24)(H,21,23,25). The first-order valence-corrected chi connectivity index (χ1v) is 8.57. The van der Waals surface area contributed by atoms with Gasteiger partial charge in [-0.1, -0.05) is 37.3 Å². The molecule has 0 aliphatic rings. The fraction of sp³-hybridized carbons (Fsp3) is 0.375. The first-order chi connectivity index (χ1) is 12.1. The van der Waals surface area contributed by atoms with E-state index in [2.05, 4.69) is 34.7 Å². The van der Waals surface area contributed by atoms with Crippen molar-refractivity contribution < 1.29 is 22.8 Å². The Kier molecular flexibility index (Phi) is 6.30. The minimum atomic E-state index is -4.61. The lowest BCUT2D eigenvalue weighted by atomic mass is 10.0. The van der Waals surface area contributed by atoms with E-state index in [9.17, 15) is 22.8 Å². The Hall–Kier alpha value is -2.49. The molecule has 0 aliphatic heterocycles. The Morgan fingerprint density at radius 3 is 2.12 bits per heavy atom. The Labute approximate surface area is 151 Å². The molecular weight excluding hydrogens is 369 g/mol. The van der Waals surface area contributed by atoms with E-state index in [0.29, 0.717) is 11.6 Å². The smallest absolute Gasteiger partial charge is 0.326 e. The van der Waals surface area contributed by atoms with Gasteiger partial charge < -0.3 is 10.6 Å². The molecule has 0 atom stereocenters. The van der Waals surface area contributed by atoms with Gasteiger partial charge in [0.1, 0.15) is 0 Å². The molecule has 0 radical (unpaired) electrons. The average molecular weight is 386 g/mol. The van der Waals surface area contributed by atoms with E-state index in [1.807, 2.05) is 12.1 Å². The third-order valence-corrected chi connectivity index (χ3v) is 4.24. The molecule has 0 unspecified atom stereocenters. The van der Waals surface area contributed by atoms with Crippen molar-refractivity contribution in [3.8, 4) is 0 Å². The maximum absolute atomic E-state index is 12.4. The molecule has 0 saturated carbocycles. The number of carbonyl (C=O) groups excluding carboxylic acids is 2. The number of rotatable bonds is 6. The first kappa shape index (κ1) is 19.8. The maximum atomic E-state index is 12.4. The van der Waals surface area contributed by atoms with E-state index < -0.39 is 17.1 Å². The van der Waals surface area contributed by atoms with Crippen LogP contribution in [0.4, 0.5) is 24.0 Å². The van der Waals surface area contributed by atoms with Gasteiger partial charge in [0.2, 0.25) is 22.0 Å². The van der Waals surface area contributed by atoms with Crippen molar-refractivity contribution in [2.45, 2.75) is 38.8 Å². The molecule has 2 aromatic rings. The molecule has 1 aromatic carbocycles. The van der Waals surface area contributed by atoms with Crippen LogP contribution in [0.5, 0.6) is 0 Å². The van der Waals surface area contributed by atoms with Crippen LogP contribution < -0.4 is 10.6 Å². The zero-order valence-electron chi connectivity index (χ0n) is 14.1. The van der Waals surface area contributed by atoms with Crippen molar-refractivity contribution in [2.75, 3.05) is 10.6 Å². The quantitative estimate of drug-likeness (QED) is 0.785. The minimum absolute atomic E-state index is 0.108.